The van der Waals surface area contributed by atoms with Crippen molar-refractivity contribution in [1.29, 1.82) is 0 Å². The largest absolute Gasteiger partial charge is 0.373 e. The topological polar surface area (TPSA) is 41.1 Å². The summed E-state index contributed by atoms with van der Waals surface area (Å²) < 4.78 is 0. The van der Waals surface area contributed by atoms with Crippen molar-refractivity contribution in [2.24, 2.45) is 0 Å². The molecule has 1 heterocycles. The third-order valence-electron chi connectivity index (χ3n) is 4.04. The van der Waals surface area contributed by atoms with E-state index >= 15 is 0 Å². The van der Waals surface area contributed by atoms with Crippen LogP contribution in [0.25, 0.3) is 0 Å². The van der Waals surface area contributed by atoms with Crippen molar-refractivity contribution in [1.82, 2.24) is 9.97 Å². The summed E-state index contributed by atoms with van der Waals surface area (Å²) in [7, 11) is 1.94. The zero-order chi connectivity index (χ0) is 13.7. The van der Waals surface area contributed by atoms with Gasteiger partial charge in [-0.3, -0.25) is 0 Å². The number of hydrogen-bond acceptors (Lipinski definition) is 4. The molecule has 4 nitrogen and oxygen atoms in total. The Labute approximate surface area is 116 Å². The molecule has 4 heteroatoms. The fraction of sp³-hybridized carbons (Fsp3) is 0.733. The van der Waals surface area contributed by atoms with Gasteiger partial charge in [0.2, 0.25) is 0 Å². The predicted molar refractivity (Wildman–Crippen MR) is 80.8 cm³/mol. The lowest BCUT2D eigenvalue weighted by atomic mass is 10.1. The number of rotatable bonds is 6. The first kappa shape index (κ1) is 14.1. The number of nitrogens with zero attached hydrogens (tertiary/aromatic N) is 3. The fourth-order valence-corrected chi connectivity index (χ4v) is 3.14. The fourth-order valence-electron chi connectivity index (χ4n) is 3.14. The summed E-state index contributed by atoms with van der Waals surface area (Å²) in [6.45, 7) is 5.47. The molecule has 1 saturated carbocycles. The van der Waals surface area contributed by atoms with Crippen molar-refractivity contribution in [3.8, 4) is 0 Å². The van der Waals surface area contributed by atoms with Crippen molar-refractivity contribution in [2.45, 2.75) is 58.4 Å². The third-order valence-corrected chi connectivity index (χ3v) is 4.04. The molecule has 1 aliphatic rings. The maximum Gasteiger partial charge on any atom is 0.137 e. The Kier molecular flexibility index (Phi) is 5.00. The highest BCUT2D eigenvalue weighted by Gasteiger charge is 2.25. The van der Waals surface area contributed by atoms with Gasteiger partial charge in [-0.15, -0.1) is 0 Å². The van der Waals surface area contributed by atoms with Crippen molar-refractivity contribution >= 4 is 11.6 Å². The predicted octanol–water partition coefficient (Wildman–Crippen LogP) is 3.24. The highest BCUT2D eigenvalue weighted by molar-refractivity contribution is 5.59. The lowest BCUT2D eigenvalue weighted by Crippen LogP contribution is -2.34. The van der Waals surface area contributed by atoms with Gasteiger partial charge in [0.05, 0.1) is 0 Å². The average Bonchev–Trinajstić information content (AvgIpc) is 2.95. The highest BCUT2D eigenvalue weighted by atomic mass is 15.2. The van der Waals surface area contributed by atoms with Crippen LogP contribution in [0.1, 0.15) is 51.5 Å². The summed E-state index contributed by atoms with van der Waals surface area (Å²) in [6, 6.07) is 0.667. The molecule has 1 aromatic rings. The molecule has 0 saturated heterocycles. The van der Waals surface area contributed by atoms with Crippen LogP contribution in [-0.2, 0) is 6.42 Å². The van der Waals surface area contributed by atoms with Gasteiger partial charge in [-0.1, -0.05) is 26.2 Å². The summed E-state index contributed by atoms with van der Waals surface area (Å²) >= 11 is 0. The molecule has 0 spiro atoms. The minimum Gasteiger partial charge on any atom is -0.373 e. The molecule has 0 unspecified atom stereocenters. The Morgan fingerprint density at radius 2 is 2.00 bits per heavy atom. The van der Waals surface area contributed by atoms with E-state index in [9.17, 15) is 0 Å². The van der Waals surface area contributed by atoms with Gasteiger partial charge < -0.3 is 10.2 Å². The molecular formula is C15H26N4. The second-order valence-electron chi connectivity index (χ2n) is 5.25. The second kappa shape index (κ2) is 6.73. The van der Waals surface area contributed by atoms with Gasteiger partial charge in [0.1, 0.15) is 18.0 Å². The molecule has 0 bridgehead atoms. The summed E-state index contributed by atoms with van der Waals surface area (Å²) in [4.78, 5) is 11.5. The first-order valence-electron chi connectivity index (χ1n) is 7.60. The quantitative estimate of drug-likeness (QED) is 0.854. The Hall–Kier alpha value is -1.32. The standard InChI is InChI=1S/C15H26N4/c1-4-8-13-14(16-3)17-11-18-15(13)19(5-2)12-9-6-7-10-12/h11-12H,4-10H2,1-3H3,(H,16,17,18). The highest BCUT2D eigenvalue weighted by Crippen LogP contribution is 2.31. The van der Waals surface area contributed by atoms with Crippen molar-refractivity contribution < 1.29 is 0 Å². The van der Waals surface area contributed by atoms with Crippen LogP contribution in [0.2, 0.25) is 0 Å². The van der Waals surface area contributed by atoms with Crippen molar-refractivity contribution in [3.05, 3.63) is 11.9 Å². The van der Waals surface area contributed by atoms with Crippen LogP contribution in [0.15, 0.2) is 6.33 Å². The zero-order valence-corrected chi connectivity index (χ0v) is 12.4. The summed E-state index contributed by atoms with van der Waals surface area (Å²) in [5, 5.41) is 3.21. The van der Waals surface area contributed by atoms with E-state index in [2.05, 4.69) is 34.0 Å². The molecule has 0 aliphatic heterocycles. The van der Waals surface area contributed by atoms with E-state index in [0.29, 0.717) is 6.04 Å². The van der Waals surface area contributed by atoms with Crippen molar-refractivity contribution in [2.75, 3.05) is 23.8 Å². The summed E-state index contributed by atoms with van der Waals surface area (Å²) in [5.74, 6) is 2.14. The third kappa shape index (κ3) is 2.99. The van der Waals surface area contributed by atoms with Crippen LogP contribution in [0, 0.1) is 0 Å². The molecule has 0 atom stereocenters. The van der Waals surface area contributed by atoms with Crippen LogP contribution in [-0.4, -0.2) is 29.6 Å². The molecular weight excluding hydrogens is 236 g/mol. The van der Waals surface area contributed by atoms with Crippen LogP contribution in [0.4, 0.5) is 11.6 Å². The first-order chi connectivity index (χ1) is 9.31. The van der Waals surface area contributed by atoms with Crippen molar-refractivity contribution in [3.63, 3.8) is 0 Å². The molecule has 1 fully saturated rings. The smallest absolute Gasteiger partial charge is 0.137 e. The maximum atomic E-state index is 4.60. The molecule has 0 amide bonds. The van der Waals surface area contributed by atoms with Gasteiger partial charge in [-0.25, -0.2) is 9.97 Å². The van der Waals surface area contributed by atoms with Gasteiger partial charge in [-0.2, -0.15) is 0 Å². The van der Waals surface area contributed by atoms with E-state index < -0.39 is 0 Å². The lowest BCUT2D eigenvalue weighted by molar-refractivity contribution is 0.609. The minimum absolute atomic E-state index is 0.667. The zero-order valence-electron chi connectivity index (χ0n) is 12.4. The lowest BCUT2D eigenvalue weighted by Gasteiger charge is -2.31. The van der Waals surface area contributed by atoms with Crippen LogP contribution in [0.3, 0.4) is 0 Å². The number of anilines is 2. The molecule has 0 aromatic carbocycles. The molecule has 1 N–H and O–H groups in total. The van der Waals surface area contributed by atoms with E-state index in [0.717, 1.165) is 31.0 Å². The Bertz CT molecular complexity index is 399. The monoisotopic (exact) mass is 262 g/mol. The molecule has 19 heavy (non-hydrogen) atoms. The summed E-state index contributed by atoms with van der Waals surface area (Å²) in [6.07, 6.45) is 9.17. The van der Waals surface area contributed by atoms with E-state index in [1.54, 1.807) is 6.33 Å². The first-order valence-corrected chi connectivity index (χ1v) is 7.60. The van der Waals surface area contributed by atoms with Crippen LogP contribution < -0.4 is 10.2 Å². The molecule has 2 rings (SSSR count). The summed E-state index contributed by atoms with van der Waals surface area (Å²) in [5.41, 5.74) is 1.28. The normalized spacial score (nSPS) is 15.7. The maximum absolute atomic E-state index is 4.60. The minimum atomic E-state index is 0.667. The Balaban J connectivity index is 2.34. The molecule has 0 radical (unpaired) electrons. The van der Waals surface area contributed by atoms with Gasteiger partial charge in [0.25, 0.3) is 0 Å². The van der Waals surface area contributed by atoms with E-state index in [1.165, 1.54) is 31.2 Å². The second-order valence-corrected chi connectivity index (χ2v) is 5.25. The number of aromatic nitrogens is 2. The SMILES string of the molecule is CCCc1c(NC)ncnc1N(CC)C1CCCC1. The number of nitrogens with one attached hydrogen (secondary N) is 1. The van der Waals surface area contributed by atoms with Crippen LogP contribution in [0.5, 0.6) is 0 Å². The van der Waals surface area contributed by atoms with E-state index in [-0.39, 0.29) is 0 Å². The van der Waals surface area contributed by atoms with E-state index in [4.69, 9.17) is 0 Å². The van der Waals surface area contributed by atoms with Gasteiger partial charge >= 0.3 is 0 Å². The van der Waals surface area contributed by atoms with Crippen LogP contribution >= 0.6 is 0 Å². The Morgan fingerprint density at radius 3 is 2.58 bits per heavy atom. The molecule has 1 aromatic heterocycles. The molecule has 1 aliphatic carbocycles. The molecule has 106 valence electrons. The Morgan fingerprint density at radius 1 is 1.26 bits per heavy atom. The van der Waals surface area contributed by atoms with E-state index in [1.807, 2.05) is 7.05 Å². The van der Waals surface area contributed by atoms with Gasteiger partial charge in [0, 0.05) is 25.2 Å². The average molecular weight is 262 g/mol. The van der Waals surface area contributed by atoms with Gasteiger partial charge in [-0.05, 0) is 26.2 Å². The van der Waals surface area contributed by atoms with Gasteiger partial charge in [0.15, 0.2) is 0 Å². The number of hydrogen-bond donors (Lipinski definition) is 1.